The number of aryl methyl sites for hydroxylation is 1. The van der Waals surface area contributed by atoms with Crippen molar-refractivity contribution >= 4 is 39.5 Å². The Morgan fingerprint density at radius 1 is 1.22 bits per heavy atom. The van der Waals surface area contributed by atoms with Crippen LogP contribution in [0.5, 0.6) is 0 Å². The number of carboxylic acids is 1. The fraction of sp³-hybridized carbons (Fsp3) is 0.292. The largest absolute Gasteiger partial charge is 0.478 e. The zero-order valence-electron chi connectivity index (χ0n) is 19.5. The number of H-pyrrole nitrogens is 1. The quantitative estimate of drug-likeness (QED) is 0.363. The van der Waals surface area contributed by atoms with Crippen molar-refractivity contribution in [3.8, 4) is 11.4 Å². The second-order valence-electron chi connectivity index (χ2n) is 9.30. The molecule has 0 amide bonds. The van der Waals surface area contributed by atoms with E-state index in [4.69, 9.17) is 16.7 Å². The molecule has 2 N–H and O–H groups in total. The van der Waals surface area contributed by atoms with Crippen LogP contribution >= 0.6 is 11.6 Å². The number of aromatic amines is 1. The van der Waals surface area contributed by atoms with Gasteiger partial charge in [0.25, 0.3) is 5.56 Å². The van der Waals surface area contributed by atoms with E-state index in [0.29, 0.717) is 34.6 Å². The van der Waals surface area contributed by atoms with Crippen molar-refractivity contribution in [3.63, 3.8) is 0 Å². The Labute approximate surface area is 208 Å². The monoisotopic (exact) mass is 507 g/mol. The van der Waals surface area contributed by atoms with Crippen LogP contribution in [-0.2, 0) is 27.2 Å². The Balaban J connectivity index is 1.66. The summed E-state index contributed by atoms with van der Waals surface area (Å²) in [4.78, 5) is 38.2. The van der Waals surface area contributed by atoms with Crippen molar-refractivity contribution in [2.45, 2.75) is 25.9 Å². The van der Waals surface area contributed by atoms with Crippen LogP contribution in [0, 0.1) is 5.92 Å². The third kappa shape index (κ3) is 3.46. The summed E-state index contributed by atoms with van der Waals surface area (Å²) in [6, 6.07) is 6.86. The maximum atomic E-state index is 13.5. The van der Waals surface area contributed by atoms with Gasteiger partial charge in [-0.2, -0.15) is 10.2 Å². The minimum atomic E-state index is -1.08. The van der Waals surface area contributed by atoms with Gasteiger partial charge in [-0.1, -0.05) is 11.6 Å². The molecule has 0 saturated heterocycles. The van der Waals surface area contributed by atoms with Crippen LogP contribution in [0.1, 0.15) is 28.9 Å². The molecular formula is C24H22ClN7O4. The first kappa shape index (κ1) is 22.4. The second-order valence-corrected chi connectivity index (χ2v) is 9.74. The van der Waals surface area contributed by atoms with Crippen molar-refractivity contribution in [1.82, 2.24) is 33.7 Å². The molecule has 11 nitrogen and oxygen atoms in total. The summed E-state index contributed by atoms with van der Waals surface area (Å²) in [5.41, 5.74) is 1.80. The lowest BCUT2D eigenvalue weighted by Gasteiger charge is -2.09. The SMILES string of the molecule is Cn1cc(C(=O)O)cc1-c1c2c(=O)n(C)c(=O)n(CC3CC3)c2nn1Cc1[nH]nc2ccc(Cl)cc12. The standard InChI is InChI=1S/C24H22ClN7O4/c1-29-10-13(23(34)35)7-18(29)20-19-21(31(9-12-3-4-12)24(36)30(2)22(19)33)28-32(20)11-17-15-8-14(25)5-6-16(15)26-27-17/h5-8,10,12H,3-4,9,11H2,1-2H3,(H,26,27)(H,34,35). The van der Waals surface area contributed by atoms with Gasteiger partial charge < -0.3 is 9.67 Å². The average Bonchev–Trinajstić information content (AvgIpc) is 3.28. The average molecular weight is 508 g/mol. The van der Waals surface area contributed by atoms with E-state index in [1.165, 1.54) is 19.3 Å². The summed E-state index contributed by atoms with van der Waals surface area (Å²) in [6.07, 6.45) is 3.52. The summed E-state index contributed by atoms with van der Waals surface area (Å²) in [6.45, 7) is 0.658. The number of nitrogens with one attached hydrogen (secondary N) is 1. The zero-order valence-corrected chi connectivity index (χ0v) is 20.3. The van der Waals surface area contributed by atoms with E-state index in [1.54, 1.807) is 39.1 Å². The molecule has 1 fully saturated rings. The molecule has 1 aromatic carbocycles. The Hall–Kier alpha value is -4.12. The molecule has 0 aliphatic heterocycles. The first-order valence-electron chi connectivity index (χ1n) is 11.5. The summed E-state index contributed by atoms with van der Waals surface area (Å²) < 4.78 is 5.92. The molecule has 1 saturated carbocycles. The summed E-state index contributed by atoms with van der Waals surface area (Å²) in [7, 11) is 3.16. The maximum Gasteiger partial charge on any atom is 0.337 e. The fourth-order valence-electron chi connectivity index (χ4n) is 4.68. The van der Waals surface area contributed by atoms with E-state index in [1.807, 2.05) is 0 Å². The maximum absolute atomic E-state index is 13.5. The number of benzene rings is 1. The smallest absolute Gasteiger partial charge is 0.337 e. The topological polar surface area (TPSA) is 133 Å². The number of nitrogens with zero attached hydrogens (tertiary/aromatic N) is 6. The number of carboxylic acid groups (broad SMARTS) is 1. The van der Waals surface area contributed by atoms with Gasteiger partial charge in [0.2, 0.25) is 0 Å². The lowest BCUT2D eigenvalue weighted by molar-refractivity contribution is 0.0697. The van der Waals surface area contributed by atoms with E-state index in [0.717, 1.165) is 28.3 Å². The minimum Gasteiger partial charge on any atom is -0.478 e. The third-order valence-electron chi connectivity index (χ3n) is 6.76. The van der Waals surface area contributed by atoms with Gasteiger partial charge in [0, 0.05) is 37.2 Å². The number of carbonyl (C=O) groups is 1. The molecular weight excluding hydrogens is 486 g/mol. The van der Waals surface area contributed by atoms with Crippen LogP contribution in [-0.4, -0.2) is 44.8 Å². The van der Waals surface area contributed by atoms with Crippen LogP contribution in [0.25, 0.3) is 33.3 Å². The van der Waals surface area contributed by atoms with Crippen LogP contribution in [0.3, 0.4) is 0 Å². The van der Waals surface area contributed by atoms with E-state index >= 15 is 0 Å². The highest BCUT2D eigenvalue weighted by molar-refractivity contribution is 6.31. The molecule has 0 atom stereocenters. The van der Waals surface area contributed by atoms with Crippen molar-refractivity contribution in [2.75, 3.05) is 0 Å². The molecule has 1 aliphatic rings. The Morgan fingerprint density at radius 3 is 2.69 bits per heavy atom. The van der Waals surface area contributed by atoms with Gasteiger partial charge in [-0.25, -0.2) is 9.59 Å². The molecule has 0 bridgehead atoms. The first-order valence-corrected chi connectivity index (χ1v) is 11.8. The molecule has 36 heavy (non-hydrogen) atoms. The van der Waals surface area contributed by atoms with Gasteiger partial charge in [0.05, 0.1) is 29.0 Å². The number of halogens is 1. The van der Waals surface area contributed by atoms with Crippen LogP contribution in [0.15, 0.2) is 40.1 Å². The normalized spacial score (nSPS) is 13.8. The summed E-state index contributed by atoms with van der Waals surface area (Å²) >= 11 is 6.22. The number of rotatable bonds is 6. The molecule has 6 rings (SSSR count). The van der Waals surface area contributed by atoms with Gasteiger partial charge >= 0.3 is 11.7 Å². The first-order chi connectivity index (χ1) is 17.2. The van der Waals surface area contributed by atoms with Gasteiger partial charge in [0.1, 0.15) is 11.1 Å². The highest BCUT2D eigenvalue weighted by atomic mass is 35.5. The van der Waals surface area contributed by atoms with E-state index in [9.17, 15) is 19.5 Å². The lowest BCUT2D eigenvalue weighted by atomic mass is 10.2. The zero-order chi connectivity index (χ0) is 25.3. The Bertz CT molecular complexity index is 1820. The molecule has 4 heterocycles. The van der Waals surface area contributed by atoms with Crippen LogP contribution in [0.2, 0.25) is 5.02 Å². The predicted molar refractivity (Wildman–Crippen MR) is 134 cm³/mol. The van der Waals surface area contributed by atoms with E-state index < -0.39 is 17.2 Å². The van der Waals surface area contributed by atoms with E-state index in [2.05, 4.69) is 10.2 Å². The van der Waals surface area contributed by atoms with Crippen LogP contribution in [0.4, 0.5) is 0 Å². The molecule has 0 radical (unpaired) electrons. The van der Waals surface area contributed by atoms with Crippen molar-refractivity contribution in [2.24, 2.45) is 20.0 Å². The van der Waals surface area contributed by atoms with Gasteiger partial charge in [0.15, 0.2) is 5.65 Å². The highest BCUT2D eigenvalue weighted by Gasteiger charge is 2.29. The third-order valence-corrected chi connectivity index (χ3v) is 7.00. The molecule has 12 heteroatoms. The molecule has 5 aromatic rings. The number of hydrogen-bond donors (Lipinski definition) is 2. The number of aromatic nitrogens is 7. The fourth-order valence-corrected chi connectivity index (χ4v) is 4.85. The van der Waals surface area contributed by atoms with Crippen molar-refractivity contribution in [1.29, 1.82) is 0 Å². The van der Waals surface area contributed by atoms with E-state index in [-0.39, 0.29) is 23.1 Å². The molecule has 0 unspecified atom stereocenters. The highest BCUT2D eigenvalue weighted by Crippen LogP contribution is 2.33. The Morgan fingerprint density at radius 2 is 2.00 bits per heavy atom. The Kier molecular flexibility index (Phi) is 4.94. The number of aromatic carboxylic acids is 1. The summed E-state index contributed by atoms with van der Waals surface area (Å²) in [5, 5.41) is 23.3. The molecule has 184 valence electrons. The minimum absolute atomic E-state index is 0.0790. The van der Waals surface area contributed by atoms with Crippen LogP contribution < -0.4 is 11.2 Å². The molecule has 1 aliphatic carbocycles. The molecule has 4 aromatic heterocycles. The molecule has 0 spiro atoms. The van der Waals surface area contributed by atoms with Crippen molar-refractivity contribution < 1.29 is 9.90 Å². The summed E-state index contributed by atoms with van der Waals surface area (Å²) in [5.74, 6) is -0.718. The second kappa shape index (κ2) is 7.95. The predicted octanol–water partition coefficient (Wildman–Crippen LogP) is 2.59. The number of fused-ring (bicyclic) bond motifs is 2. The van der Waals surface area contributed by atoms with Gasteiger partial charge in [-0.3, -0.25) is 23.7 Å². The van der Waals surface area contributed by atoms with Crippen molar-refractivity contribution in [3.05, 3.63) is 67.6 Å². The van der Waals surface area contributed by atoms with Gasteiger partial charge in [-0.05, 0) is 43.0 Å². The number of hydrogen-bond acceptors (Lipinski definition) is 5. The lowest BCUT2D eigenvalue weighted by Crippen LogP contribution is -2.38. The van der Waals surface area contributed by atoms with Gasteiger partial charge in [-0.15, -0.1) is 0 Å².